The Morgan fingerprint density at radius 2 is 2.00 bits per heavy atom. The lowest BCUT2D eigenvalue weighted by Crippen LogP contribution is -2.49. The fraction of sp³-hybridized carbons (Fsp3) is 0.727. The molecule has 0 aromatic heterocycles. The molecule has 2 rings (SSSR count). The quantitative estimate of drug-likeness (QED) is 0.499. The first-order valence-electron chi connectivity index (χ1n) is 5.20. The predicted octanol–water partition coefficient (Wildman–Crippen LogP) is 0.307. The van der Waals surface area contributed by atoms with E-state index in [9.17, 15) is 14.4 Å². The summed E-state index contributed by atoms with van der Waals surface area (Å²) in [4.78, 5) is 35.5. The molecule has 2 aliphatic carbocycles. The van der Waals surface area contributed by atoms with Crippen molar-refractivity contribution in [3.8, 4) is 0 Å². The number of hydrogen-bond acceptors (Lipinski definition) is 3. The van der Waals surface area contributed by atoms with Gasteiger partial charge in [-0.25, -0.2) is 0 Å². The van der Waals surface area contributed by atoms with Crippen molar-refractivity contribution in [2.24, 2.45) is 16.7 Å². The molecule has 0 aromatic carbocycles. The second kappa shape index (κ2) is 2.68. The number of rotatable bonds is 1. The van der Waals surface area contributed by atoms with Gasteiger partial charge in [-0.3, -0.25) is 14.4 Å². The van der Waals surface area contributed by atoms with Crippen LogP contribution in [-0.4, -0.2) is 24.5 Å². The molecule has 0 aromatic rings. The summed E-state index contributed by atoms with van der Waals surface area (Å²) in [7, 11) is 1.51. The van der Waals surface area contributed by atoms with E-state index in [4.69, 9.17) is 0 Å². The monoisotopic (exact) mass is 209 g/mol. The summed E-state index contributed by atoms with van der Waals surface area (Å²) < 4.78 is 0. The molecule has 2 bridgehead atoms. The van der Waals surface area contributed by atoms with Crippen molar-refractivity contribution >= 4 is 17.5 Å². The highest BCUT2D eigenvalue weighted by molar-refractivity contribution is 6.47. The van der Waals surface area contributed by atoms with Crippen LogP contribution in [0.2, 0.25) is 0 Å². The van der Waals surface area contributed by atoms with Crippen LogP contribution in [0, 0.1) is 16.7 Å². The van der Waals surface area contributed by atoms with Gasteiger partial charge in [0.2, 0.25) is 17.5 Å². The van der Waals surface area contributed by atoms with Crippen LogP contribution >= 0.6 is 0 Å². The molecule has 4 nitrogen and oxygen atoms in total. The smallest absolute Gasteiger partial charge is 0.234 e. The third-order valence-electron chi connectivity index (χ3n) is 4.32. The zero-order chi connectivity index (χ0) is 11.4. The standard InChI is InChI=1S/C11H15NO3/c1-10(2)6-4-5-11(10,9(15)12-3)8(14)7(6)13/h6H,4-5H2,1-3H3,(H,12,15)/t6-,11-/m1/s1. The summed E-state index contributed by atoms with van der Waals surface area (Å²) in [6.45, 7) is 3.70. The van der Waals surface area contributed by atoms with Crippen molar-refractivity contribution in [1.82, 2.24) is 5.32 Å². The van der Waals surface area contributed by atoms with Gasteiger partial charge in [0.1, 0.15) is 5.41 Å². The highest BCUT2D eigenvalue weighted by Gasteiger charge is 2.72. The molecule has 2 saturated carbocycles. The molecule has 2 aliphatic rings. The van der Waals surface area contributed by atoms with E-state index in [1.54, 1.807) is 0 Å². The third-order valence-corrected chi connectivity index (χ3v) is 4.32. The van der Waals surface area contributed by atoms with Crippen LogP contribution in [0.15, 0.2) is 0 Å². The summed E-state index contributed by atoms with van der Waals surface area (Å²) in [6, 6.07) is 0. The van der Waals surface area contributed by atoms with E-state index < -0.39 is 16.6 Å². The van der Waals surface area contributed by atoms with Crippen molar-refractivity contribution in [1.29, 1.82) is 0 Å². The van der Waals surface area contributed by atoms with Crippen LogP contribution in [0.3, 0.4) is 0 Å². The first-order valence-corrected chi connectivity index (χ1v) is 5.20. The van der Waals surface area contributed by atoms with Gasteiger partial charge < -0.3 is 5.32 Å². The zero-order valence-corrected chi connectivity index (χ0v) is 9.22. The van der Waals surface area contributed by atoms with Gasteiger partial charge >= 0.3 is 0 Å². The lowest BCUT2D eigenvalue weighted by molar-refractivity contribution is -0.148. The van der Waals surface area contributed by atoms with Crippen molar-refractivity contribution in [3.05, 3.63) is 0 Å². The van der Waals surface area contributed by atoms with Gasteiger partial charge in [0.15, 0.2) is 0 Å². The summed E-state index contributed by atoms with van der Waals surface area (Å²) in [6.07, 6.45) is 1.17. The van der Waals surface area contributed by atoms with E-state index >= 15 is 0 Å². The lowest BCUT2D eigenvalue weighted by Gasteiger charge is -2.33. The number of Topliss-reactive ketones (excluding diaryl/α,β-unsaturated/α-hetero) is 2. The molecule has 4 heteroatoms. The molecule has 0 heterocycles. The molecule has 0 unspecified atom stereocenters. The number of carbonyl (C=O) groups is 3. The first-order chi connectivity index (χ1) is 6.89. The summed E-state index contributed by atoms with van der Waals surface area (Å²) in [5, 5.41) is 2.52. The number of hydrogen-bond donors (Lipinski definition) is 1. The van der Waals surface area contributed by atoms with Gasteiger partial charge in [0.25, 0.3) is 0 Å². The predicted molar refractivity (Wildman–Crippen MR) is 53.0 cm³/mol. The maximum atomic E-state index is 11.9. The Kier molecular flexibility index (Phi) is 1.85. The Balaban J connectivity index is 2.59. The minimum atomic E-state index is -1.09. The first kappa shape index (κ1) is 10.3. The van der Waals surface area contributed by atoms with E-state index in [0.29, 0.717) is 12.8 Å². The normalized spacial score (nSPS) is 37.1. The third kappa shape index (κ3) is 0.856. The van der Waals surface area contributed by atoms with Crippen molar-refractivity contribution in [2.45, 2.75) is 26.7 Å². The molecule has 2 atom stereocenters. The Bertz CT molecular complexity index is 372. The summed E-state index contributed by atoms with van der Waals surface area (Å²) >= 11 is 0. The zero-order valence-electron chi connectivity index (χ0n) is 9.22. The highest BCUT2D eigenvalue weighted by Crippen LogP contribution is 2.62. The lowest BCUT2D eigenvalue weighted by atomic mass is 9.68. The molecule has 15 heavy (non-hydrogen) atoms. The maximum absolute atomic E-state index is 11.9. The van der Waals surface area contributed by atoms with E-state index in [2.05, 4.69) is 5.32 Å². The molecule has 0 saturated heterocycles. The number of carbonyl (C=O) groups excluding carboxylic acids is 3. The topological polar surface area (TPSA) is 63.2 Å². The number of amides is 1. The molecule has 2 fully saturated rings. The molecule has 0 aliphatic heterocycles. The van der Waals surface area contributed by atoms with Gasteiger partial charge in [-0.2, -0.15) is 0 Å². The fourth-order valence-corrected chi connectivity index (χ4v) is 3.30. The van der Waals surface area contributed by atoms with E-state index in [-0.39, 0.29) is 17.6 Å². The van der Waals surface area contributed by atoms with Crippen LogP contribution in [0.1, 0.15) is 26.7 Å². The van der Waals surface area contributed by atoms with Crippen molar-refractivity contribution in [3.63, 3.8) is 0 Å². The minimum Gasteiger partial charge on any atom is -0.358 e. The minimum absolute atomic E-state index is 0.262. The van der Waals surface area contributed by atoms with Crippen molar-refractivity contribution < 1.29 is 14.4 Å². The molecule has 0 spiro atoms. The van der Waals surface area contributed by atoms with Gasteiger partial charge in [0, 0.05) is 13.0 Å². The Hall–Kier alpha value is -1.19. The summed E-state index contributed by atoms with van der Waals surface area (Å²) in [5.41, 5.74) is -1.62. The Labute approximate surface area is 88.4 Å². The fourth-order valence-electron chi connectivity index (χ4n) is 3.30. The van der Waals surface area contributed by atoms with Crippen LogP contribution in [0.5, 0.6) is 0 Å². The van der Waals surface area contributed by atoms with E-state index in [0.717, 1.165) is 0 Å². The SMILES string of the molecule is CNC(=O)[C@@]12CC[C@H](C(=O)C1=O)C2(C)C. The van der Waals surface area contributed by atoms with Crippen LogP contribution in [0.25, 0.3) is 0 Å². The maximum Gasteiger partial charge on any atom is 0.234 e. The van der Waals surface area contributed by atoms with E-state index in [1.807, 2.05) is 13.8 Å². The van der Waals surface area contributed by atoms with Crippen LogP contribution < -0.4 is 5.32 Å². The Morgan fingerprint density at radius 1 is 1.40 bits per heavy atom. The number of nitrogens with one attached hydrogen (secondary N) is 1. The average molecular weight is 209 g/mol. The van der Waals surface area contributed by atoms with Gasteiger partial charge in [-0.1, -0.05) is 13.8 Å². The molecule has 0 radical (unpaired) electrons. The second-order valence-corrected chi connectivity index (χ2v) is 4.99. The van der Waals surface area contributed by atoms with E-state index in [1.165, 1.54) is 7.05 Å². The Morgan fingerprint density at radius 3 is 2.40 bits per heavy atom. The average Bonchev–Trinajstić information content (AvgIpc) is 2.53. The van der Waals surface area contributed by atoms with Crippen LogP contribution in [-0.2, 0) is 14.4 Å². The number of fused-ring (bicyclic) bond motifs is 2. The van der Waals surface area contributed by atoms with Gasteiger partial charge in [-0.15, -0.1) is 0 Å². The largest absolute Gasteiger partial charge is 0.358 e. The molecular formula is C11H15NO3. The molecular weight excluding hydrogens is 194 g/mol. The summed E-state index contributed by atoms with van der Waals surface area (Å²) in [5.74, 6) is -1.40. The van der Waals surface area contributed by atoms with Crippen molar-refractivity contribution in [2.75, 3.05) is 7.05 Å². The van der Waals surface area contributed by atoms with Crippen LogP contribution in [0.4, 0.5) is 0 Å². The van der Waals surface area contributed by atoms with Gasteiger partial charge in [-0.05, 0) is 18.3 Å². The van der Waals surface area contributed by atoms with Gasteiger partial charge in [0.05, 0.1) is 0 Å². The molecule has 1 N–H and O–H groups in total. The number of ketones is 2. The second-order valence-electron chi connectivity index (χ2n) is 4.99. The molecule has 82 valence electrons. The molecule has 1 amide bonds. The highest BCUT2D eigenvalue weighted by atomic mass is 16.2.